The number of nitrogens with zero attached hydrogens (tertiary/aromatic N) is 4. The van der Waals surface area contributed by atoms with Crippen LogP contribution in [-0.2, 0) is 9.53 Å². The normalized spacial score (nSPS) is 20.9. The minimum Gasteiger partial charge on any atom is -0.385 e. The van der Waals surface area contributed by atoms with E-state index in [0.29, 0.717) is 24.8 Å². The summed E-state index contributed by atoms with van der Waals surface area (Å²) in [4.78, 5) is 37.3. The molecule has 0 spiro atoms. The number of hydrogen-bond acceptors (Lipinski definition) is 6. The predicted molar refractivity (Wildman–Crippen MR) is 105 cm³/mol. The number of aryl methyl sites for hydroxylation is 1. The molecular formula is C20H31N5O3. The second-order valence-electron chi connectivity index (χ2n) is 7.99. The van der Waals surface area contributed by atoms with Crippen molar-refractivity contribution in [3.05, 3.63) is 23.8 Å². The molecular weight excluding hydrogens is 358 g/mol. The number of carbonyl (C=O) groups is 2. The van der Waals surface area contributed by atoms with Crippen LogP contribution in [0.1, 0.15) is 48.3 Å². The van der Waals surface area contributed by atoms with Gasteiger partial charge in [-0.3, -0.25) is 14.6 Å². The molecule has 1 aromatic rings. The zero-order valence-corrected chi connectivity index (χ0v) is 16.9. The number of carbonyl (C=O) groups excluding carboxylic acids is 2. The van der Waals surface area contributed by atoms with Crippen molar-refractivity contribution in [1.29, 1.82) is 0 Å². The Labute approximate surface area is 166 Å². The van der Waals surface area contributed by atoms with Gasteiger partial charge in [0.15, 0.2) is 0 Å². The summed E-state index contributed by atoms with van der Waals surface area (Å²) in [5.41, 5.74) is 6.49. The second-order valence-corrected chi connectivity index (χ2v) is 7.99. The van der Waals surface area contributed by atoms with Gasteiger partial charge in [0.25, 0.3) is 5.91 Å². The number of methoxy groups -OCH3 is 1. The molecule has 0 aliphatic carbocycles. The van der Waals surface area contributed by atoms with Crippen molar-refractivity contribution < 1.29 is 14.3 Å². The van der Waals surface area contributed by atoms with E-state index < -0.39 is 5.41 Å². The van der Waals surface area contributed by atoms with Crippen LogP contribution in [0.2, 0.25) is 0 Å². The molecule has 2 aliphatic rings. The van der Waals surface area contributed by atoms with Gasteiger partial charge in [0, 0.05) is 39.0 Å². The molecule has 0 unspecified atom stereocenters. The lowest BCUT2D eigenvalue weighted by molar-refractivity contribution is -0.132. The first kappa shape index (κ1) is 20.7. The molecule has 2 fully saturated rings. The summed E-state index contributed by atoms with van der Waals surface area (Å²) in [6, 6.07) is 0.446. The van der Waals surface area contributed by atoms with E-state index in [4.69, 9.17) is 10.5 Å². The van der Waals surface area contributed by atoms with Crippen molar-refractivity contribution in [2.24, 2.45) is 11.1 Å². The monoisotopic (exact) mass is 389 g/mol. The van der Waals surface area contributed by atoms with Crippen LogP contribution in [0.25, 0.3) is 0 Å². The Morgan fingerprint density at radius 2 is 1.86 bits per heavy atom. The first-order valence-electron chi connectivity index (χ1n) is 10.1. The third kappa shape index (κ3) is 4.50. The zero-order valence-electron chi connectivity index (χ0n) is 16.9. The van der Waals surface area contributed by atoms with Crippen molar-refractivity contribution >= 4 is 11.8 Å². The number of aromatic nitrogens is 2. The van der Waals surface area contributed by atoms with E-state index in [-0.39, 0.29) is 11.8 Å². The van der Waals surface area contributed by atoms with Crippen LogP contribution in [0.3, 0.4) is 0 Å². The van der Waals surface area contributed by atoms with Gasteiger partial charge in [-0.05, 0) is 52.1 Å². The van der Waals surface area contributed by atoms with E-state index in [0.717, 1.165) is 57.6 Å². The van der Waals surface area contributed by atoms with E-state index in [2.05, 4.69) is 14.9 Å². The molecule has 3 heterocycles. The molecule has 8 nitrogen and oxygen atoms in total. The summed E-state index contributed by atoms with van der Waals surface area (Å²) < 4.78 is 5.17. The average molecular weight is 390 g/mol. The Morgan fingerprint density at radius 1 is 1.18 bits per heavy atom. The molecule has 2 amide bonds. The first-order chi connectivity index (χ1) is 13.4. The quantitative estimate of drug-likeness (QED) is 0.779. The molecule has 0 atom stereocenters. The van der Waals surface area contributed by atoms with E-state index in [1.165, 1.54) is 0 Å². The van der Waals surface area contributed by atoms with Crippen LogP contribution in [-0.4, -0.2) is 77.5 Å². The predicted octanol–water partition coefficient (Wildman–Crippen LogP) is 0.994. The lowest BCUT2D eigenvalue weighted by atomic mass is 9.74. The number of rotatable bonds is 6. The number of primary amides is 1. The van der Waals surface area contributed by atoms with Crippen LogP contribution in [0, 0.1) is 12.3 Å². The Hall–Kier alpha value is -2.06. The zero-order chi connectivity index (χ0) is 20.1. The van der Waals surface area contributed by atoms with Gasteiger partial charge in [0.05, 0.1) is 17.3 Å². The van der Waals surface area contributed by atoms with Gasteiger partial charge in [-0.15, -0.1) is 0 Å². The Kier molecular flexibility index (Phi) is 6.61. The molecule has 2 N–H and O–H groups in total. The minimum atomic E-state index is -0.437. The maximum absolute atomic E-state index is 12.6. The SMILES string of the molecule is COCCC1(C(N)=O)CCN(C2CCN(C(=O)c3cnc(C)cn3)CC2)CC1. The lowest BCUT2D eigenvalue weighted by Crippen LogP contribution is -2.53. The molecule has 3 rings (SSSR count). The molecule has 2 aliphatic heterocycles. The Bertz CT molecular complexity index is 678. The molecule has 28 heavy (non-hydrogen) atoms. The van der Waals surface area contributed by atoms with Crippen molar-refractivity contribution in [2.45, 2.75) is 45.1 Å². The lowest BCUT2D eigenvalue weighted by Gasteiger charge is -2.45. The Balaban J connectivity index is 1.51. The van der Waals surface area contributed by atoms with Crippen molar-refractivity contribution in [3.8, 4) is 0 Å². The summed E-state index contributed by atoms with van der Waals surface area (Å²) in [5, 5.41) is 0. The van der Waals surface area contributed by atoms with E-state index in [9.17, 15) is 9.59 Å². The van der Waals surface area contributed by atoms with E-state index in [1.54, 1.807) is 19.5 Å². The summed E-state index contributed by atoms with van der Waals surface area (Å²) in [5.74, 6) is -0.249. The van der Waals surface area contributed by atoms with E-state index in [1.807, 2.05) is 11.8 Å². The molecule has 0 radical (unpaired) electrons. The highest BCUT2D eigenvalue weighted by atomic mass is 16.5. The number of amides is 2. The summed E-state index contributed by atoms with van der Waals surface area (Å²) in [6.45, 7) is 5.60. The number of ether oxygens (including phenoxy) is 1. The van der Waals surface area contributed by atoms with Crippen molar-refractivity contribution in [2.75, 3.05) is 39.9 Å². The molecule has 0 saturated carbocycles. The van der Waals surface area contributed by atoms with Crippen molar-refractivity contribution in [3.63, 3.8) is 0 Å². The van der Waals surface area contributed by atoms with Gasteiger partial charge in [-0.1, -0.05) is 0 Å². The largest absolute Gasteiger partial charge is 0.385 e. The fraction of sp³-hybridized carbons (Fsp3) is 0.700. The first-order valence-corrected chi connectivity index (χ1v) is 10.1. The van der Waals surface area contributed by atoms with Gasteiger partial charge < -0.3 is 20.3 Å². The van der Waals surface area contributed by atoms with Crippen LogP contribution in [0.5, 0.6) is 0 Å². The van der Waals surface area contributed by atoms with Crippen LogP contribution in [0.15, 0.2) is 12.4 Å². The number of piperidine rings is 2. The maximum Gasteiger partial charge on any atom is 0.274 e. The molecule has 1 aromatic heterocycles. The highest BCUT2D eigenvalue weighted by Crippen LogP contribution is 2.36. The standard InChI is InChI=1S/C20H31N5O3/c1-15-13-23-17(14-22-15)18(26)25-8-3-16(4-9-25)24-10-5-20(6-11-24,19(21)27)7-12-28-2/h13-14,16H,3-12H2,1-2H3,(H2,21,27). The summed E-state index contributed by atoms with van der Waals surface area (Å²) in [7, 11) is 1.65. The van der Waals surface area contributed by atoms with Gasteiger partial charge in [0.2, 0.25) is 5.91 Å². The number of nitrogens with two attached hydrogens (primary N) is 1. The average Bonchev–Trinajstić information content (AvgIpc) is 2.73. The van der Waals surface area contributed by atoms with Crippen LogP contribution in [0.4, 0.5) is 0 Å². The molecule has 0 bridgehead atoms. The van der Waals surface area contributed by atoms with Gasteiger partial charge >= 0.3 is 0 Å². The topological polar surface area (TPSA) is 102 Å². The summed E-state index contributed by atoms with van der Waals surface area (Å²) >= 11 is 0. The van der Waals surface area contributed by atoms with Gasteiger partial charge in [-0.25, -0.2) is 4.98 Å². The number of likely N-dealkylation sites (tertiary alicyclic amines) is 2. The third-order valence-electron chi connectivity index (χ3n) is 6.33. The molecule has 2 saturated heterocycles. The fourth-order valence-corrected chi connectivity index (χ4v) is 4.33. The van der Waals surface area contributed by atoms with Crippen LogP contribution < -0.4 is 5.73 Å². The fourth-order valence-electron chi connectivity index (χ4n) is 4.33. The number of hydrogen-bond donors (Lipinski definition) is 1. The van der Waals surface area contributed by atoms with Crippen molar-refractivity contribution in [1.82, 2.24) is 19.8 Å². The molecule has 154 valence electrons. The highest BCUT2D eigenvalue weighted by molar-refractivity contribution is 5.92. The third-order valence-corrected chi connectivity index (χ3v) is 6.33. The van der Waals surface area contributed by atoms with Gasteiger partial charge in [0.1, 0.15) is 5.69 Å². The van der Waals surface area contributed by atoms with Gasteiger partial charge in [-0.2, -0.15) is 0 Å². The summed E-state index contributed by atoms with van der Waals surface area (Å²) in [6.07, 6.45) is 7.31. The smallest absolute Gasteiger partial charge is 0.274 e. The maximum atomic E-state index is 12.6. The van der Waals surface area contributed by atoms with E-state index >= 15 is 0 Å². The van der Waals surface area contributed by atoms with Crippen LogP contribution >= 0.6 is 0 Å². The second kappa shape index (κ2) is 8.96. The minimum absolute atomic E-state index is 0.0445. The molecule has 0 aromatic carbocycles. The molecule has 8 heteroatoms. The Morgan fingerprint density at radius 3 is 2.39 bits per heavy atom. The highest BCUT2D eigenvalue weighted by Gasteiger charge is 2.41.